The number of nitrogens with one attached hydrogen (secondary N) is 1. The van der Waals surface area contributed by atoms with Gasteiger partial charge in [0, 0.05) is 5.69 Å². The first-order valence-corrected chi connectivity index (χ1v) is 4.38. The van der Waals surface area contributed by atoms with Crippen molar-refractivity contribution in [2.24, 2.45) is 5.73 Å². The zero-order chi connectivity index (χ0) is 10.6. The minimum atomic E-state index is -0.258. The van der Waals surface area contributed by atoms with Gasteiger partial charge in [-0.2, -0.15) is 0 Å². The smallest absolute Gasteiger partial charge is 0.238 e. The number of anilines is 1. The highest BCUT2D eigenvalue weighted by molar-refractivity contribution is 6.32. The second-order valence-electron chi connectivity index (χ2n) is 2.60. The minimum Gasteiger partial charge on any atom is -0.495 e. The lowest BCUT2D eigenvalue weighted by Gasteiger charge is -2.06. The van der Waals surface area contributed by atoms with Crippen LogP contribution in [0.15, 0.2) is 18.2 Å². The van der Waals surface area contributed by atoms with E-state index >= 15 is 0 Å². The predicted octanol–water partition coefficient (Wildman–Crippen LogP) is 1.25. The van der Waals surface area contributed by atoms with E-state index < -0.39 is 0 Å². The van der Waals surface area contributed by atoms with Crippen LogP contribution in [0.3, 0.4) is 0 Å². The van der Waals surface area contributed by atoms with Crippen molar-refractivity contribution in [3.63, 3.8) is 0 Å². The molecule has 0 aliphatic heterocycles. The van der Waals surface area contributed by atoms with E-state index in [0.717, 1.165) is 0 Å². The summed E-state index contributed by atoms with van der Waals surface area (Å²) in [6, 6.07) is 4.97. The molecule has 0 aliphatic carbocycles. The Labute approximate surface area is 87.0 Å². The summed E-state index contributed by atoms with van der Waals surface area (Å²) in [5.74, 6) is 0.309. The molecule has 0 radical (unpaired) electrons. The standard InChI is InChI=1S/C9H11ClN2O2/c1-14-8-3-2-6(4-7(8)10)12-9(13)5-11/h2-4H,5,11H2,1H3,(H,12,13). The minimum absolute atomic E-state index is 0.0519. The van der Waals surface area contributed by atoms with Gasteiger partial charge in [-0.25, -0.2) is 0 Å². The van der Waals surface area contributed by atoms with Gasteiger partial charge in [-0.1, -0.05) is 11.6 Å². The second-order valence-corrected chi connectivity index (χ2v) is 3.01. The fourth-order valence-corrected chi connectivity index (χ4v) is 1.21. The molecule has 0 aromatic heterocycles. The summed E-state index contributed by atoms with van der Waals surface area (Å²) >= 11 is 5.85. The Morgan fingerprint density at radius 2 is 2.36 bits per heavy atom. The van der Waals surface area contributed by atoms with Gasteiger partial charge in [0.25, 0.3) is 0 Å². The van der Waals surface area contributed by atoms with E-state index in [9.17, 15) is 4.79 Å². The number of rotatable bonds is 3. The Morgan fingerprint density at radius 3 is 2.86 bits per heavy atom. The summed E-state index contributed by atoms with van der Waals surface area (Å²) in [4.78, 5) is 10.9. The van der Waals surface area contributed by atoms with E-state index in [-0.39, 0.29) is 12.5 Å². The Bertz CT molecular complexity index is 342. The van der Waals surface area contributed by atoms with Crippen LogP contribution in [0.5, 0.6) is 5.75 Å². The van der Waals surface area contributed by atoms with Gasteiger partial charge >= 0.3 is 0 Å². The molecule has 1 amide bonds. The van der Waals surface area contributed by atoms with Crippen LogP contribution in [-0.2, 0) is 4.79 Å². The number of carbonyl (C=O) groups excluding carboxylic acids is 1. The molecule has 0 unspecified atom stereocenters. The van der Waals surface area contributed by atoms with Crippen LogP contribution in [-0.4, -0.2) is 19.6 Å². The number of nitrogens with two attached hydrogens (primary N) is 1. The molecule has 5 heteroatoms. The lowest BCUT2D eigenvalue weighted by atomic mass is 10.3. The van der Waals surface area contributed by atoms with E-state index in [4.69, 9.17) is 22.1 Å². The van der Waals surface area contributed by atoms with E-state index in [1.165, 1.54) is 7.11 Å². The second kappa shape index (κ2) is 4.83. The molecule has 4 nitrogen and oxygen atoms in total. The third-order valence-corrected chi connectivity index (χ3v) is 1.92. The molecular weight excluding hydrogens is 204 g/mol. The quantitative estimate of drug-likeness (QED) is 0.796. The predicted molar refractivity (Wildman–Crippen MR) is 55.7 cm³/mol. The molecule has 1 aromatic carbocycles. The molecule has 0 saturated heterocycles. The first-order valence-electron chi connectivity index (χ1n) is 4.01. The van der Waals surface area contributed by atoms with E-state index in [1.807, 2.05) is 0 Å². The van der Waals surface area contributed by atoms with Gasteiger partial charge in [-0.05, 0) is 18.2 Å². The van der Waals surface area contributed by atoms with Gasteiger partial charge in [0.2, 0.25) is 5.91 Å². The Hall–Kier alpha value is -1.26. The summed E-state index contributed by atoms with van der Waals surface area (Å²) in [7, 11) is 1.53. The van der Waals surface area contributed by atoms with Crippen molar-refractivity contribution in [1.29, 1.82) is 0 Å². The van der Waals surface area contributed by atoms with Gasteiger partial charge in [-0.15, -0.1) is 0 Å². The Kier molecular flexibility index (Phi) is 3.73. The van der Waals surface area contributed by atoms with Crippen molar-refractivity contribution in [2.75, 3.05) is 19.0 Å². The average molecular weight is 215 g/mol. The highest BCUT2D eigenvalue weighted by atomic mass is 35.5. The summed E-state index contributed by atoms with van der Waals surface area (Å²) in [5.41, 5.74) is 5.75. The lowest BCUT2D eigenvalue weighted by molar-refractivity contribution is -0.114. The number of methoxy groups -OCH3 is 1. The number of amides is 1. The number of hydrogen-bond donors (Lipinski definition) is 2. The van der Waals surface area contributed by atoms with Crippen LogP contribution < -0.4 is 15.8 Å². The van der Waals surface area contributed by atoms with E-state index in [1.54, 1.807) is 18.2 Å². The fraction of sp³-hybridized carbons (Fsp3) is 0.222. The third-order valence-electron chi connectivity index (χ3n) is 1.62. The fourth-order valence-electron chi connectivity index (χ4n) is 0.956. The Balaban J connectivity index is 2.81. The summed E-state index contributed by atoms with van der Waals surface area (Å²) in [5, 5.41) is 3.03. The zero-order valence-electron chi connectivity index (χ0n) is 7.71. The maximum atomic E-state index is 10.9. The molecule has 0 spiro atoms. The molecule has 0 heterocycles. The average Bonchev–Trinajstić information content (AvgIpc) is 2.18. The van der Waals surface area contributed by atoms with Crippen molar-refractivity contribution in [1.82, 2.24) is 0 Å². The van der Waals surface area contributed by atoms with Crippen LogP contribution >= 0.6 is 11.6 Å². The number of ether oxygens (including phenoxy) is 1. The van der Waals surface area contributed by atoms with Crippen LogP contribution in [0, 0.1) is 0 Å². The molecule has 0 fully saturated rings. The van der Waals surface area contributed by atoms with Crippen molar-refractivity contribution in [3.05, 3.63) is 23.2 Å². The van der Waals surface area contributed by atoms with Crippen LogP contribution in [0.25, 0.3) is 0 Å². The van der Waals surface area contributed by atoms with Gasteiger partial charge in [0.05, 0.1) is 18.7 Å². The van der Waals surface area contributed by atoms with Gasteiger partial charge in [0.1, 0.15) is 5.75 Å². The summed E-state index contributed by atoms with van der Waals surface area (Å²) in [6.07, 6.45) is 0. The van der Waals surface area contributed by atoms with Crippen LogP contribution in [0.4, 0.5) is 5.69 Å². The molecular formula is C9H11ClN2O2. The van der Waals surface area contributed by atoms with Gasteiger partial charge < -0.3 is 15.8 Å². The largest absolute Gasteiger partial charge is 0.495 e. The molecule has 14 heavy (non-hydrogen) atoms. The van der Waals surface area contributed by atoms with Crippen molar-refractivity contribution in [3.8, 4) is 5.75 Å². The van der Waals surface area contributed by atoms with Crippen LogP contribution in [0.2, 0.25) is 5.02 Å². The number of halogens is 1. The molecule has 0 aliphatic rings. The maximum Gasteiger partial charge on any atom is 0.238 e. The molecule has 76 valence electrons. The highest BCUT2D eigenvalue weighted by Gasteiger charge is 2.03. The van der Waals surface area contributed by atoms with Gasteiger partial charge in [0.15, 0.2) is 0 Å². The van der Waals surface area contributed by atoms with Crippen molar-refractivity contribution >= 4 is 23.2 Å². The third kappa shape index (κ3) is 2.61. The van der Waals surface area contributed by atoms with E-state index in [0.29, 0.717) is 16.5 Å². The molecule has 0 bridgehead atoms. The zero-order valence-corrected chi connectivity index (χ0v) is 8.47. The molecule has 1 rings (SSSR count). The SMILES string of the molecule is COc1ccc(NC(=O)CN)cc1Cl. The van der Waals surface area contributed by atoms with Crippen molar-refractivity contribution < 1.29 is 9.53 Å². The topological polar surface area (TPSA) is 64.3 Å². The number of benzene rings is 1. The molecule has 3 N–H and O–H groups in total. The highest BCUT2D eigenvalue weighted by Crippen LogP contribution is 2.26. The molecule has 0 saturated carbocycles. The van der Waals surface area contributed by atoms with E-state index in [2.05, 4.69) is 5.32 Å². The molecule has 0 atom stereocenters. The number of hydrogen-bond acceptors (Lipinski definition) is 3. The normalized spacial score (nSPS) is 9.64. The first-order chi connectivity index (χ1) is 6.67. The van der Waals surface area contributed by atoms with Gasteiger partial charge in [-0.3, -0.25) is 4.79 Å². The van der Waals surface area contributed by atoms with Crippen molar-refractivity contribution in [2.45, 2.75) is 0 Å². The van der Waals surface area contributed by atoms with Crippen LogP contribution in [0.1, 0.15) is 0 Å². The monoisotopic (exact) mass is 214 g/mol. The Morgan fingerprint density at radius 1 is 1.64 bits per heavy atom. The first kappa shape index (κ1) is 10.8. The summed E-state index contributed by atoms with van der Waals surface area (Å²) < 4.78 is 4.96. The summed E-state index contributed by atoms with van der Waals surface area (Å²) in [6.45, 7) is -0.0519. The number of carbonyl (C=O) groups is 1. The maximum absolute atomic E-state index is 10.9. The lowest BCUT2D eigenvalue weighted by Crippen LogP contribution is -2.21. The molecule has 1 aromatic rings.